The summed E-state index contributed by atoms with van der Waals surface area (Å²) in [5.41, 5.74) is 2.14. The second kappa shape index (κ2) is 21.0. The smallest absolute Gasteiger partial charge is 0.192 e. The van der Waals surface area contributed by atoms with Crippen molar-refractivity contribution < 1.29 is 38.0 Å². The van der Waals surface area contributed by atoms with Gasteiger partial charge in [-0.25, -0.2) is 0 Å². The van der Waals surface area contributed by atoms with Gasteiger partial charge in [-0.3, -0.25) is 0 Å². The minimum absolute atomic E-state index is 0.133. The Kier molecular flexibility index (Phi) is 16.4. The Labute approximate surface area is 354 Å². The summed E-state index contributed by atoms with van der Waals surface area (Å²) in [4.78, 5) is 0. The molecule has 0 saturated carbocycles. The van der Waals surface area contributed by atoms with Crippen molar-refractivity contribution in [3.63, 3.8) is 0 Å². The summed E-state index contributed by atoms with van der Waals surface area (Å²) in [6.45, 7) is 16.1. The molecule has 59 heavy (non-hydrogen) atoms. The minimum atomic E-state index is -2.26. The third kappa shape index (κ3) is 10.5. The molecule has 4 aromatic rings. The highest BCUT2D eigenvalue weighted by Gasteiger charge is 2.62. The van der Waals surface area contributed by atoms with E-state index in [2.05, 4.69) is 77.1 Å². The monoisotopic (exact) mass is 824 g/mol. The van der Waals surface area contributed by atoms with Gasteiger partial charge in [0, 0.05) is 17.8 Å². The van der Waals surface area contributed by atoms with Crippen LogP contribution in [0.5, 0.6) is 17.2 Å². The Morgan fingerprint density at radius 3 is 1.69 bits per heavy atom. The van der Waals surface area contributed by atoms with Crippen LogP contribution in [-0.4, -0.2) is 71.9 Å². The first kappa shape index (κ1) is 46.1. The largest absolute Gasteiger partial charge is 0.497 e. The first-order chi connectivity index (χ1) is 28.5. The first-order valence-corrected chi connectivity index (χ1v) is 23.9. The second-order valence-corrected chi connectivity index (χ2v) is 20.9. The number of ether oxygens (including phenoxy) is 6. The van der Waals surface area contributed by atoms with E-state index in [1.165, 1.54) is 0 Å². The van der Waals surface area contributed by atoms with Gasteiger partial charge in [0.25, 0.3) is 0 Å². The van der Waals surface area contributed by atoms with Crippen LogP contribution in [0, 0.1) is 17.8 Å². The highest BCUT2D eigenvalue weighted by Crippen LogP contribution is 2.49. The molecule has 1 heterocycles. The van der Waals surface area contributed by atoms with Gasteiger partial charge in [-0.2, -0.15) is 0 Å². The van der Waals surface area contributed by atoms with Crippen LogP contribution >= 0.6 is 0 Å². The van der Waals surface area contributed by atoms with Crippen LogP contribution in [0.25, 0.3) is 0 Å². The number of methoxy groups -OCH3 is 3. The fraction of sp³-hybridized carbons (Fsp3) is 0.480. The lowest BCUT2D eigenvalue weighted by molar-refractivity contribution is -0.0968. The predicted octanol–water partition coefficient (Wildman–Crippen LogP) is 10.6. The van der Waals surface area contributed by atoms with Gasteiger partial charge in [0.15, 0.2) is 8.32 Å². The van der Waals surface area contributed by atoms with Crippen LogP contribution < -0.4 is 14.2 Å². The average Bonchev–Trinajstić information content (AvgIpc) is 3.99. The van der Waals surface area contributed by atoms with E-state index in [0.717, 1.165) is 57.6 Å². The molecular formula is C50H68O8Si. The van der Waals surface area contributed by atoms with Gasteiger partial charge in [0.1, 0.15) is 28.5 Å². The molecule has 0 aromatic heterocycles. The van der Waals surface area contributed by atoms with Gasteiger partial charge in [0.05, 0.1) is 59.5 Å². The molecule has 1 fully saturated rings. The van der Waals surface area contributed by atoms with Crippen molar-refractivity contribution in [3.8, 4) is 17.2 Å². The quantitative estimate of drug-likeness (QED) is 0.0324. The molecule has 4 aromatic carbocycles. The number of aliphatic hydroxyl groups excluding tert-OH is 1. The Morgan fingerprint density at radius 2 is 1.22 bits per heavy atom. The van der Waals surface area contributed by atoms with E-state index in [0.29, 0.717) is 13.2 Å². The van der Waals surface area contributed by atoms with Crippen molar-refractivity contribution in [2.75, 3.05) is 34.5 Å². The van der Waals surface area contributed by atoms with Crippen molar-refractivity contribution in [2.24, 2.45) is 17.8 Å². The maximum absolute atomic E-state index is 12.7. The summed E-state index contributed by atoms with van der Waals surface area (Å²) in [6, 6.07) is 37.4. The van der Waals surface area contributed by atoms with Gasteiger partial charge in [-0.1, -0.05) is 114 Å². The zero-order chi connectivity index (χ0) is 42.6. The Morgan fingerprint density at radius 1 is 0.729 bits per heavy atom. The van der Waals surface area contributed by atoms with Crippen molar-refractivity contribution >= 4 is 8.32 Å². The minimum Gasteiger partial charge on any atom is -0.497 e. The molecular weight excluding hydrogens is 757 g/mol. The SMILES string of the molecule is C/C=C\[C@H](C)[C@H]1O[C@]1(C)[C@@H](O)[C@@H](COCc1ccc(OC)cc1)[C@H](O[Si](CC)(CC)CC)[C@H](C)COC(c1ccccc1)(c1ccc(OC)cc1)c1ccc(OC)cc1. The van der Waals surface area contributed by atoms with E-state index in [9.17, 15) is 5.11 Å². The summed E-state index contributed by atoms with van der Waals surface area (Å²) in [5.74, 6) is 1.85. The highest BCUT2D eigenvalue weighted by atomic mass is 28.4. The molecule has 320 valence electrons. The van der Waals surface area contributed by atoms with E-state index in [1.54, 1.807) is 21.3 Å². The van der Waals surface area contributed by atoms with Gasteiger partial charge in [0.2, 0.25) is 0 Å². The number of hydrogen-bond donors (Lipinski definition) is 1. The highest BCUT2D eigenvalue weighted by molar-refractivity contribution is 6.73. The summed E-state index contributed by atoms with van der Waals surface area (Å²) < 4.78 is 44.7. The average molecular weight is 825 g/mol. The predicted molar refractivity (Wildman–Crippen MR) is 239 cm³/mol. The molecule has 0 bridgehead atoms. The number of rotatable bonds is 24. The van der Waals surface area contributed by atoms with Crippen molar-refractivity contribution in [1.29, 1.82) is 0 Å². The topological polar surface area (TPSA) is 88.1 Å². The Balaban J connectivity index is 1.59. The standard InChI is InChI=1S/C50H68O8Si/c1-11-18-36(5)48-49(7,57-48)47(51)45(35-55-34-38-21-27-42(52-8)28-22-38)46(58-59(12-2,13-3)14-4)37(6)33-56-50(39-19-16-15-17-20-39,40-23-29-43(53-9)30-24-40)41-25-31-44(54-10)32-26-41/h11,15-32,36-37,45-48,51H,12-14,33-35H2,1-10H3/b18-11-/t36-,37+,45-,46+,47-,48+,49+/m0/s1. The van der Waals surface area contributed by atoms with E-state index in [4.69, 9.17) is 32.8 Å². The lowest BCUT2D eigenvalue weighted by Crippen LogP contribution is -2.53. The van der Waals surface area contributed by atoms with E-state index in [-0.39, 0.29) is 24.5 Å². The zero-order valence-corrected chi connectivity index (χ0v) is 38.0. The lowest BCUT2D eigenvalue weighted by atomic mass is 9.79. The van der Waals surface area contributed by atoms with Gasteiger partial charge in [-0.15, -0.1) is 0 Å². The molecule has 1 saturated heterocycles. The van der Waals surface area contributed by atoms with Crippen LogP contribution in [0.2, 0.25) is 18.1 Å². The van der Waals surface area contributed by atoms with Crippen molar-refractivity contribution in [2.45, 2.75) is 103 Å². The number of allylic oxidation sites excluding steroid dienone is 1. The molecule has 1 aliphatic heterocycles. The maximum Gasteiger partial charge on any atom is 0.192 e. The lowest BCUT2D eigenvalue weighted by Gasteiger charge is -2.43. The van der Waals surface area contributed by atoms with Crippen LogP contribution in [0.3, 0.4) is 0 Å². The third-order valence-electron chi connectivity index (χ3n) is 12.6. The number of aliphatic hydroxyl groups is 1. The third-order valence-corrected chi connectivity index (χ3v) is 17.3. The van der Waals surface area contributed by atoms with Crippen LogP contribution in [-0.2, 0) is 30.8 Å². The maximum atomic E-state index is 12.7. The fourth-order valence-electron chi connectivity index (χ4n) is 8.68. The molecule has 1 N–H and O–H groups in total. The molecule has 8 nitrogen and oxygen atoms in total. The summed E-state index contributed by atoms with van der Waals surface area (Å²) >= 11 is 0. The molecule has 0 spiro atoms. The van der Waals surface area contributed by atoms with Crippen LogP contribution in [0.1, 0.15) is 70.7 Å². The molecule has 0 radical (unpaired) electrons. The zero-order valence-electron chi connectivity index (χ0n) is 37.0. The molecule has 9 heteroatoms. The summed E-state index contributed by atoms with van der Waals surface area (Å²) in [5, 5.41) is 12.7. The van der Waals surface area contributed by atoms with Gasteiger partial charge < -0.3 is 38.0 Å². The second-order valence-electron chi connectivity index (χ2n) is 16.2. The summed E-state index contributed by atoms with van der Waals surface area (Å²) in [7, 11) is 2.76. The first-order valence-electron chi connectivity index (χ1n) is 21.3. The van der Waals surface area contributed by atoms with E-state index < -0.39 is 37.6 Å². The van der Waals surface area contributed by atoms with Gasteiger partial charge >= 0.3 is 0 Å². The molecule has 0 unspecified atom stereocenters. The van der Waals surface area contributed by atoms with Crippen molar-refractivity contribution in [3.05, 3.63) is 138 Å². The normalized spacial score (nSPS) is 19.5. The molecule has 7 atom stereocenters. The van der Waals surface area contributed by atoms with Crippen LogP contribution in [0.4, 0.5) is 0 Å². The van der Waals surface area contributed by atoms with Gasteiger partial charge in [-0.05, 0) is 90.6 Å². The summed E-state index contributed by atoms with van der Waals surface area (Å²) in [6.07, 6.45) is 2.78. The van der Waals surface area contributed by atoms with E-state index >= 15 is 0 Å². The molecule has 0 aliphatic carbocycles. The molecule has 0 amide bonds. The van der Waals surface area contributed by atoms with Crippen molar-refractivity contribution in [1.82, 2.24) is 0 Å². The fourth-order valence-corrected chi connectivity index (χ4v) is 11.7. The number of benzene rings is 4. The number of epoxide rings is 1. The van der Waals surface area contributed by atoms with Crippen LogP contribution in [0.15, 0.2) is 115 Å². The Bertz CT molecular complexity index is 1810. The Hall–Kier alpha value is -3.96. The molecule has 1 aliphatic rings. The van der Waals surface area contributed by atoms with E-state index in [1.807, 2.05) is 86.7 Å². The number of hydrogen-bond acceptors (Lipinski definition) is 8. The molecule has 5 rings (SSSR count).